The molecule has 154 valence electrons. The number of benzene rings is 2. The van der Waals surface area contributed by atoms with Crippen LogP contribution in [0.5, 0.6) is 0 Å². The van der Waals surface area contributed by atoms with Crippen molar-refractivity contribution in [2.24, 2.45) is 7.05 Å². The van der Waals surface area contributed by atoms with Crippen LogP contribution in [0.15, 0.2) is 53.0 Å². The Bertz CT molecular complexity index is 1210. The molecule has 0 aliphatic heterocycles. The van der Waals surface area contributed by atoms with Gasteiger partial charge in [-0.3, -0.25) is 0 Å². The molecule has 2 aromatic carbocycles. The van der Waals surface area contributed by atoms with Crippen LogP contribution in [0.2, 0.25) is 5.02 Å². The number of halogens is 6. The first-order chi connectivity index (χ1) is 14.1. The molecular formula is C20H11BrClF4N3S. The van der Waals surface area contributed by atoms with Gasteiger partial charge < -0.3 is 0 Å². The predicted molar refractivity (Wildman–Crippen MR) is 113 cm³/mol. The van der Waals surface area contributed by atoms with Gasteiger partial charge in [0.2, 0.25) is 0 Å². The Morgan fingerprint density at radius 3 is 2.43 bits per heavy atom. The smallest absolute Gasteiger partial charge is 0.248 e. The molecule has 0 aliphatic carbocycles. The zero-order valence-electron chi connectivity index (χ0n) is 15.1. The van der Waals surface area contributed by atoms with E-state index < -0.39 is 17.6 Å². The molecule has 10 heteroatoms. The molecule has 0 saturated heterocycles. The van der Waals surface area contributed by atoms with Crippen molar-refractivity contribution in [1.29, 1.82) is 0 Å². The molecule has 4 aromatic rings. The Labute approximate surface area is 186 Å². The largest absolute Gasteiger partial charge is 0.416 e. The molecule has 2 heterocycles. The minimum absolute atomic E-state index is 0.111. The molecule has 4 rings (SSSR count). The van der Waals surface area contributed by atoms with E-state index in [0.717, 1.165) is 17.0 Å². The lowest BCUT2D eigenvalue weighted by molar-refractivity contribution is -0.137. The van der Waals surface area contributed by atoms with Crippen molar-refractivity contribution < 1.29 is 17.6 Å². The minimum Gasteiger partial charge on any atom is -0.248 e. The van der Waals surface area contributed by atoms with Gasteiger partial charge >= 0.3 is 6.18 Å². The zero-order valence-corrected chi connectivity index (χ0v) is 18.3. The first-order valence-corrected chi connectivity index (χ1v) is 10.5. The molecule has 0 amide bonds. The van der Waals surface area contributed by atoms with Gasteiger partial charge in [0.05, 0.1) is 21.0 Å². The topological polar surface area (TPSA) is 30.7 Å². The number of nitrogens with zero attached hydrogens (tertiary/aromatic N) is 3. The maximum atomic E-state index is 14.2. The third-order valence-corrected chi connectivity index (χ3v) is 6.71. The van der Waals surface area contributed by atoms with E-state index in [4.69, 9.17) is 11.6 Å². The lowest BCUT2D eigenvalue weighted by atomic mass is 10.1. The molecule has 0 radical (unpaired) electrons. The van der Waals surface area contributed by atoms with Crippen LogP contribution in [0.25, 0.3) is 32.5 Å². The van der Waals surface area contributed by atoms with E-state index in [1.54, 1.807) is 19.2 Å². The highest BCUT2D eigenvalue weighted by Crippen LogP contribution is 2.42. The van der Waals surface area contributed by atoms with Crippen LogP contribution in [-0.2, 0) is 13.2 Å². The average Bonchev–Trinajstić information content (AvgIpc) is 3.24. The first-order valence-electron chi connectivity index (χ1n) is 8.48. The second-order valence-corrected chi connectivity index (χ2v) is 8.66. The van der Waals surface area contributed by atoms with Gasteiger partial charge in [0.25, 0.3) is 0 Å². The van der Waals surface area contributed by atoms with Gasteiger partial charge in [-0.2, -0.15) is 18.3 Å². The van der Waals surface area contributed by atoms with Crippen LogP contribution in [0.1, 0.15) is 5.56 Å². The van der Waals surface area contributed by atoms with Crippen molar-refractivity contribution in [1.82, 2.24) is 14.8 Å². The van der Waals surface area contributed by atoms with Gasteiger partial charge in [-0.25, -0.2) is 14.1 Å². The maximum Gasteiger partial charge on any atom is 0.416 e. The fourth-order valence-corrected chi connectivity index (χ4v) is 5.08. The van der Waals surface area contributed by atoms with Crippen LogP contribution < -0.4 is 0 Å². The van der Waals surface area contributed by atoms with Gasteiger partial charge in [-0.1, -0.05) is 29.8 Å². The highest BCUT2D eigenvalue weighted by Gasteiger charge is 2.30. The van der Waals surface area contributed by atoms with E-state index in [1.807, 2.05) is 0 Å². The standard InChI is InChI=1S/C20H11BrClF4N3S/c1-29-19(27-18(28-29)16-13(22)3-2-4-14(16)23)15-9-12(21)17(30-15)10-5-7-11(8-6-10)20(24,25)26/h2-9H,1H3. The third-order valence-electron chi connectivity index (χ3n) is 4.33. The first kappa shape index (κ1) is 21.0. The van der Waals surface area contributed by atoms with Crippen molar-refractivity contribution >= 4 is 38.9 Å². The van der Waals surface area contributed by atoms with Crippen molar-refractivity contribution in [2.75, 3.05) is 0 Å². The summed E-state index contributed by atoms with van der Waals surface area (Å²) in [4.78, 5) is 5.89. The second kappa shape index (κ2) is 7.79. The number of thiophene rings is 1. The molecule has 0 spiro atoms. The lowest BCUT2D eigenvalue weighted by Crippen LogP contribution is -2.03. The number of alkyl halides is 3. The fourth-order valence-electron chi connectivity index (χ4n) is 2.90. The number of rotatable bonds is 3. The van der Waals surface area contributed by atoms with Gasteiger partial charge in [0.15, 0.2) is 11.6 Å². The number of aryl methyl sites for hydroxylation is 1. The zero-order chi connectivity index (χ0) is 21.6. The quantitative estimate of drug-likeness (QED) is 0.265. The average molecular weight is 517 g/mol. The van der Waals surface area contributed by atoms with Crippen molar-refractivity contribution in [3.05, 3.63) is 69.4 Å². The summed E-state index contributed by atoms with van der Waals surface area (Å²) in [7, 11) is 1.67. The highest BCUT2D eigenvalue weighted by atomic mass is 79.9. The van der Waals surface area contributed by atoms with Gasteiger partial charge in [0.1, 0.15) is 5.82 Å². The molecule has 30 heavy (non-hydrogen) atoms. The molecule has 0 saturated carbocycles. The van der Waals surface area contributed by atoms with E-state index in [1.165, 1.54) is 40.3 Å². The summed E-state index contributed by atoms with van der Waals surface area (Å²) >= 11 is 10.9. The maximum absolute atomic E-state index is 14.2. The molecular weight excluding hydrogens is 506 g/mol. The molecule has 2 aromatic heterocycles. The molecule has 3 nitrogen and oxygen atoms in total. The summed E-state index contributed by atoms with van der Waals surface area (Å²) in [5.41, 5.74) is 0.0316. The molecule has 0 aliphatic rings. The van der Waals surface area contributed by atoms with Crippen molar-refractivity contribution in [3.8, 4) is 32.5 Å². The van der Waals surface area contributed by atoms with E-state index in [0.29, 0.717) is 20.7 Å². The predicted octanol–water partition coefficient (Wildman–Crippen LogP) is 7.45. The molecule has 0 N–H and O–H groups in total. The van der Waals surface area contributed by atoms with Crippen molar-refractivity contribution in [3.63, 3.8) is 0 Å². The second-order valence-electron chi connectivity index (χ2n) is 6.34. The summed E-state index contributed by atoms with van der Waals surface area (Å²) in [6, 6.07) is 11.1. The molecule has 0 bridgehead atoms. The van der Waals surface area contributed by atoms with Gasteiger partial charge in [-0.05, 0) is 51.8 Å². The highest BCUT2D eigenvalue weighted by molar-refractivity contribution is 9.10. The molecule has 0 fully saturated rings. The van der Waals surface area contributed by atoms with Crippen molar-refractivity contribution in [2.45, 2.75) is 6.18 Å². The van der Waals surface area contributed by atoms with Crippen LogP contribution in [0, 0.1) is 5.82 Å². The van der Waals surface area contributed by atoms with E-state index in [9.17, 15) is 17.6 Å². The van der Waals surface area contributed by atoms with Crippen LogP contribution >= 0.6 is 38.9 Å². The Kier molecular flexibility index (Phi) is 5.46. The van der Waals surface area contributed by atoms with E-state index in [2.05, 4.69) is 26.0 Å². The van der Waals surface area contributed by atoms with Crippen LogP contribution in [0.3, 0.4) is 0 Å². The number of hydrogen-bond acceptors (Lipinski definition) is 3. The fraction of sp³-hybridized carbons (Fsp3) is 0.100. The van der Waals surface area contributed by atoms with E-state index in [-0.39, 0.29) is 16.4 Å². The lowest BCUT2D eigenvalue weighted by Gasteiger charge is -2.07. The Morgan fingerprint density at radius 1 is 1.10 bits per heavy atom. The third kappa shape index (κ3) is 3.89. The number of hydrogen-bond donors (Lipinski definition) is 0. The SMILES string of the molecule is Cn1nc(-c2c(F)cccc2Cl)nc1-c1cc(Br)c(-c2ccc(C(F)(F)F)cc2)s1. The molecule has 0 atom stereocenters. The number of aromatic nitrogens is 3. The van der Waals surface area contributed by atoms with Crippen LogP contribution in [0.4, 0.5) is 17.6 Å². The van der Waals surface area contributed by atoms with Gasteiger partial charge in [0, 0.05) is 16.4 Å². The minimum atomic E-state index is -4.39. The van der Waals surface area contributed by atoms with Gasteiger partial charge in [-0.15, -0.1) is 11.3 Å². The summed E-state index contributed by atoms with van der Waals surface area (Å²) in [6.07, 6.45) is -4.39. The Morgan fingerprint density at radius 2 is 1.80 bits per heavy atom. The normalized spacial score (nSPS) is 11.8. The monoisotopic (exact) mass is 515 g/mol. The van der Waals surface area contributed by atoms with Crippen LogP contribution in [-0.4, -0.2) is 14.8 Å². The Hall–Kier alpha value is -2.23. The summed E-state index contributed by atoms with van der Waals surface area (Å²) in [5, 5.41) is 4.48. The summed E-state index contributed by atoms with van der Waals surface area (Å²) < 4.78 is 54.9. The summed E-state index contributed by atoms with van der Waals surface area (Å²) in [6.45, 7) is 0. The van der Waals surface area contributed by atoms with E-state index >= 15 is 0 Å². The Balaban J connectivity index is 1.73. The molecule has 0 unspecified atom stereocenters. The summed E-state index contributed by atoms with van der Waals surface area (Å²) in [5.74, 6) is 0.0989.